The van der Waals surface area contributed by atoms with E-state index >= 15 is 0 Å². The molecular weight excluding hydrogens is 204 g/mol. The third-order valence-electron chi connectivity index (χ3n) is 2.20. The van der Waals surface area contributed by atoms with Gasteiger partial charge in [-0.3, -0.25) is 9.59 Å². The van der Waals surface area contributed by atoms with E-state index in [0.717, 1.165) is 5.56 Å². The molecule has 0 unspecified atom stereocenters. The van der Waals surface area contributed by atoms with Crippen LogP contribution in [0.5, 0.6) is 0 Å². The van der Waals surface area contributed by atoms with E-state index in [1.54, 1.807) is 13.0 Å². The lowest BCUT2D eigenvalue weighted by atomic mass is 10.0. The van der Waals surface area contributed by atoms with Gasteiger partial charge in [-0.2, -0.15) is 0 Å². The summed E-state index contributed by atoms with van der Waals surface area (Å²) in [5, 5.41) is 0. The molecule has 0 aliphatic heterocycles. The number of ether oxygens (including phenoxy) is 1. The molecule has 1 aromatic carbocycles. The number of esters is 1. The highest BCUT2D eigenvalue weighted by molar-refractivity contribution is 5.97. The van der Waals surface area contributed by atoms with Crippen LogP contribution in [0.25, 0.3) is 0 Å². The summed E-state index contributed by atoms with van der Waals surface area (Å²) < 4.78 is 4.76. The van der Waals surface area contributed by atoms with E-state index < -0.39 is 0 Å². The van der Waals surface area contributed by atoms with Crippen molar-refractivity contribution in [1.82, 2.24) is 0 Å². The van der Waals surface area contributed by atoms with Crippen molar-refractivity contribution in [1.29, 1.82) is 0 Å². The van der Waals surface area contributed by atoms with Crippen molar-refractivity contribution in [3.05, 3.63) is 35.4 Å². The van der Waals surface area contributed by atoms with Crippen molar-refractivity contribution in [3.63, 3.8) is 0 Å². The van der Waals surface area contributed by atoms with Crippen molar-refractivity contribution in [2.45, 2.75) is 26.7 Å². The third kappa shape index (κ3) is 3.85. The van der Waals surface area contributed by atoms with Crippen LogP contribution in [0.3, 0.4) is 0 Å². The molecule has 1 rings (SSSR count). The van der Waals surface area contributed by atoms with Crippen LogP contribution in [0.2, 0.25) is 0 Å². The van der Waals surface area contributed by atoms with E-state index in [1.807, 2.05) is 25.1 Å². The van der Waals surface area contributed by atoms with Gasteiger partial charge in [0.05, 0.1) is 13.0 Å². The minimum atomic E-state index is -0.316. The summed E-state index contributed by atoms with van der Waals surface area (Å²) in [6, 6.07) is 7.36. The number of rotatable bonds is 5. The van der Waals surface area contributed by atoms with Crippen LogP contribution in [-0.4, -0.2) is 18.4 Å². The van der Waals surface area contributed by atoms with Gasteiger partial charge in [-0.15, -0.1) is 0 Å². The smallest absolute Gasteiger partial charge is 0.306 e. The Morgan fingerprint density at radius 1 is 1.25 bits per heavy atom. The van der Waals surface area contributed by atoms with Gasteiger partial charge in [-0.25, -0.2) is 0 Å². The van der Waals surface area contributed by atoms with Crippen molar-refractivity contribution >= 4 is 11.8 Å². The summed E-state index contributed by atoms with van der Waals surface area (Å²) in [7, 11) is 0. The molecule has 1 aromatic rings. The van der Waals surface area contributed by atoms with Gasteiger partial charge < -0.3 is 4.74 Å². The van der Waals surface area contributed by atoms with E-state index in [0.29, 0.717) is 12.2 Å². The van der Waals surface area contributed by atoms with Gasteiger partial charge in [-0.1, -0.05) is 23.8 Å². The first kappa shape index (κ1) is 12.4. The van der Waals surface area contributed by atoms with E-state index in [4.69, 9.17) is 4.74 Å². The Bertz CT molecular complexity index is 383. The molecule has 3 heteroatoms. The highest BCUT2D eigenvalue weighted by Gasteiger charge is 2.09. The molecule has 0 saturated heterocycles. The van der Waals surface area contributed by atoms with E-state index in [2.05, 4.69) is 0 Å². The van der Waals surface area contributed by atoms with Gasteiger partial charge in [0.1, 0.15) is 0 Å². The van der Waals surface area contributed by atoms with Gasteiger partial charge in [0.2, 0.25) is 0 Å². The van der Waals surface area contributed by atoms with Crippen LogP contribution in [0.4, 0.5) is 0 Å². The predicted molar refractivity (Wildman–Crippen MR) is 61.4 cm³/mol. The summed E-state index contributed by atoms with van der Waals surface area (Å²) >= 11 is 0. The van der Waals surface area contributed by atoms with Crippen molar-refractivity contribution in [2.24, 2.45) is 0 Å². The minimum Gasteiger partial charge on any atom is -0.466 e. The number of aryl methyl sites for hydroxylation is 1. The number of Topliss-reactive ketones (excluding diaryl/α,β-unsaturated/α-hetero) is 1. The number of carbonyl (C=O) groups is 2. The average Bonchev–Trinajstić information content (AvgIpc) is 2.26. The van der Waals surface area contributed by atoms with E-state index in [1.165, 1.54) is 0 Å². The highest BCUT2D eigenvalue weighted by atomic mass is 16.5. The molecule has 0 aromatic heterocycles. The zero-order valence-electron chi connectivity index (χ0n) is 9.66. The molecule has 16 heavy (non-hydrogen) atoms. The molecule has 0 fully saturated rings. The average molecular weight is 220 g/mol. The standard InChI is InChI=1S/C13H16O3/c1-3-16-13(15)8-7-12(14)11-6-4-5-10(2)9-11/h4-6,9H,3,7-8H2,1-2H3. The maximum atomic E-state index is 11.7. The number of carbonyl (C=O) groups excluding carboxylic acids is 2. The van der Waals surface area contributed by atoms with Crippen molar-refractivity contribution in [3.8, 4) is 0 Å². The summed E-state index contributed by atoms with van der Waals surface area (Å²) in [6.45, 7) is 4.04. The molecule has 0 heterocycles. The van der Waals surface area contributed by atoms with Crippen molar-refractivity contribution < 1.29 is 14.3 Å². The van der Waals surface area contributed by atoms with Gasteiger partial charge in [0.15, 0.2) is 5.78 Å². The summed E-state index contributed by atoms with van der Waals surface area (Å²) in [6.07, 6.45) is 0.364. The van der Waals surface area contributed by atoms with Crippen LogP contribution in [0, 0.1) is 6.92 Å². The lowest BCUT2D eigenvalue weighted by Gasteiger charge is -2.02. The number of hydrogen-bond donors (Lipinski definition) is 0. The Morgan fingerprint density at radius 3 is 2.62 bits per heavy atom. The third-order valence-corrected chi connectivity index (χ3v) is 2.20. The zero-order valence-corrected chi connectivity index (χ0v) is 9.66. The van der Waals surface area contributed by atoms with Crippen LogP contribution in [0.15, 0.2) is 24.3 Å². The molecule has 0 aliphatic rings. The molecule has 0 bridgehead atoms. The van der Waals surface area contributed by atoms with Gasteiger partial charge in [0, 0.05) is 12.0 Å². The molecular formula is C13H16O3. The summed E-state index contributed by atoms with van der Waals surface area (Å²) in [5.41, 5.74) is 1.70. The zero-order chi connectivity index (χ0) is 12.0. The second-order valence-electron chi connectivity index (χ2n) is 3.60. The first-order chi connectivity index (χ1) is 7.63. The molecule has 0 aliphatic carbocycles. The fraction of sp³-hybridized carbons (Fsp3) is 0.385. The Hall–Kier alpha value is -1.64. The molecule has 0 N–H and O–H groups in total. The number of benzene rings is 1. The maximum Gasteiger partial charge on any atom is 0.306 e. The van der Waals surface area contributed by atoms with E-state index in [9.17, 15) is 9.59 Å². The van der Waals surface area contributed by atoms with Gasteiger partial charge in [-0.05, 0) is 19.9 Å². The first-order valence-electron chi connectivity index (χ1n) is 5.39. The second-order valence-corrected chi connectivity index (χ2v) is 3.60. The molecule has 0 saturated carbocycles. The van der Waals surface area contributed by atoms with E-state index in [-0.39, 0.29) is 24.6 Å². The lowest BCUT2D eigenvalue weighted by Crippen LogP contribution is -2.08. The fourth-order valence-corrected chi connectivity index (χ4v) is 1.41. The van der Waals surface area contributed by atoms with Crippen LogP contribution in [0.1, 0.15) is 35.7 Å². The monoisotopic (exact) mass is 220 g/mol. The number of hydrogen-bond acceptors (Lipinski definition) is 3. The molecule has 86 valence electrons. The fourth-order valence-electron chi connectivity index (χ4n) is 1.41. The molecule has 0 amide bonds. The quantitative estimate of drug-likeness (QED) is 0.565. The lowest BCUT2D eigenvalue weighted by molar-refractivity contribution is -0.143. The minimum absolute atomic E-state index is 0.0169. The van der Waals surface area contributed by atoms with Crippen molar-refractivity contribution in [2.75, 3.05) is 6.61 Å². The Labute approximate surface area is 95.4 Å². The topological polar surface area (TPSA) is 43.4 Å². The normalized spacial score (nSPS) is 9.88. The summed E-state index contributed by atoms with van der Waals surface area (Å²) in [5.74, 6) is -0.333. The highest BCUT2D eigenvalue weighted by Crippen LogP contribution is 2.08. The maximum absolute atomic E-state index is 11.7. The predicted octanol–water partition coefficient (Wildman–Crippen LogP) is 2.52. The summed E-state index contributed by atoms with van der Waals surface area (Å²) in [4.78, 5) is 22.8. The SMILES string of the molecule is CCOC(=O)CCC(=O)c1cccc(C)c1. The Kier molecular flexibility index (Phi) is 4.70. The largest absolute Gasteiger partial charge is 0.466 e. The molecule has 0 radical (unpaired) electrons. The Balaban J connectivity index is 2.50. The molecule has 0 atom stereocenters. The van der Waals surface area contributed by atoms with Crippen LogP contribution < -0.4 is 0 Å². The second kappa shape index (κ2) is 6.05. The Morgan fingerprint density at radius 2 is 2.00 bits per heavy atom. The molecule has 3 nitrogen and oxygen atoms in total. The molecule has 0 spiro atoms. The first-order valence-corrected chi connectivity index (χ1v) is 5.39. The van der Waals surface area contributed by atoms with Gasteiger partial charge >= 0.3 is 5.97 Å². The number of ketones is 1. The van der Waals surface area contributed by atoms with Crippen LogP contribution in [-0.2, 0) is 9.53 Å². The van der Waals surface area contributed by atoms with Crippen LogP contribution >= 0.6 is 0 Å². The van der Waals surface area contributed by atoms with Gasteiger partial charge in [0.25, 0.3) is 0 Å².